The third-order valence-corrected chi connectivity index (χ3v) is 7.59. The second kappa shape index (κ2) is 12.1. The fraction of sp³-hybridized carbons (Fsp3) is 0.241. The number of para-hydroxylation sites is 1. The first-order valence-electron chi connectivity index (χ1n) is 13.2. The molecule has 1 aromatic heterocycles. The predicted molar refractivity (Wildman–Crippen MR) is 158 cm³/mol. The molecule has 1 amide bonds. The predicted octanol–water partition coefficient (Wildman–Crippen LogP) is 6.16. The van der Waals surface area contributed by atoms with Gasteiger partial charge in [0, 0.05) is 5.56 Å². The molecule has 0 saturated carbocycles. The monoisotopic (exact) mass is 631 g/mol. The number of aromatic nitrogens is 3. The molecule has 0 bridgehead atoms. The summed E-state index contributed by atoms with van der Waals surface area (Å²) >= 11 is 1.45. The van der Waals surface area contributed by atoms with Crippen molar-refractivity contribution in [1.82, 2.24) is 20.2 Å². The van der Waals surface area contributed by atoms with E-state index >= 15 is 0 Å². The number of halogens is 5. The van der Waals surface area contributed by atoms with Crippen LogP contribution in [0.25, 0.3) is 17.1 Å². The molecule has 15 heteroatoms. The van der Waals surface area contributed by atoms with Crippen LogP contribution < -0.4 is 20.8 Å². The first kappa shape index (κ1) is 30.8. The zero-order valence-electron chi connectivity index (χ0n) is 23.3. The molecule has 44 heavy (non-hydrogen) atoms. The van der Waals surface area contributed by atoms with Crippen LogP contribution in [-0.2, 0) is 4.79 Å². The molecule has 1 atom stereocenters. The molecule has 230 valence electrons. The number of hydrogen-bond donors (Lipinski definition) is 2. The molecular weight excluding hydrogens is 605 g/mol. The van der Waals surface area contributed by atoms with Crippen molar-refractivity contribution in [1.29, 1.82) is 0 Å². The third-order valence-electron chi connectivity index (χ3n) is 6.54. The molecule has 1 fully saturated rings. The van der Waals surface area contributed by atoms with Crippen molar-refractivity contribution >= 4 is 35.5 Å². The summed E-state index contributed by atoms with van der Waals surface area (Å²) < 4.78 is 68.6. The minimum Gasteiger partial charge on any atom is -0.426 e. The second-order valence-electron chi connectivity index (χ2n) is 9.97. The van der Waals surface area contributed by atoms with Crippen molar-refractivity contribution < 1.29 is 31.5 Å². The number of rotatable bonds is 9. The van der Waals surface area contributed by atoms with Crippen molar-refractivity contribution in [2.24, 2.45) is 5.10 Å². The maximum absolute atomic E-state index is 13.2. The standard InChI is InChI=1S/C29H26F5N7O2S/c1-17(2)22-5-3-4-6-23(22)40-24(42)16-44-27(40)38-36-15-18-7-9-19(10-8-18)25-37-26(35)41(39-25)20-11-13-21(14-12-20)43-29(33,34)28(30,31)32/h3-15,17,27,38H,16H2,1-2H3,(H2,35,37,39)/b36-15+. The highest BCUT2D eigenvalue weighted by atomic mass is 32.2. The van der Waals surface area contributed by atoms with Crippen LogP contribution in [0.2, 0.25) is 0 Å². The fourth-order valence-corrected chi connectivity index (χ4v) is 5.32. The number of nitrogens with two attached hydrogens (primary N) is 1. The number of nitrogens with zero attached hydrogens (tertiary/aromatic N) is 5. The van der Waals surface area contributed by atoms with E-state index in [2.05, 4.69) is 39.2 Å². The Morgan fingerprint density at radius 3 is 2.39 bits per heavy atom. The lowest BCUT2D eigenvalue weighted by Crippen LogP contribution is -2.41. The van der Waals surface area contributed by atoms with Crippen LogP contribution in [-0.4, -0.2) is 50.4 Å². The van der Waals surface area contributed by atoms with Gasteiger partial charge < -0.3 is 10.5 Å². The number of benzene rings is 3. The molecule has 3 aromatic carbocycles. The summed E-state index contributed by atoms with van der Waals surface area (Å²) in [7, 11) is 0. The molecule has 4 aromatic rings. The summed E-state index contributed by atoms with van der Waals surface area (Å²) in [5.74, 6) is 0.116. The van der Waals surface area contributed by atoms with Gasteiger partial charge in [-0.2, -0.15) is 36.7 Å². The van der Waals surface area contributed by atoms with Crippen molar-refractivity contribution in [3.63, 3.8) is 0 Å². The first-order valence-corrected chi connectivity index (χ1v) is 14.3. The number of carbonyl (C=O) groups is 1. The van der Waals surface area contributed by atoms with Gasteiger partial charge in [0.05, 0.1) is 23.3 Å². The molecule has 3 N–H and O–H groups in total. The SMILES string of the molecule is CC(C)c1ccccc1N1C(=O)CSC1N/N=C/c1ccc(-c2nc(N)n(-c3ccc(OC(F)(F)C(F)(F)F)cc3)n2)cc1. The molecule has 1 unspecified atom stereocenters. The van der Waals surface area contributed by atoms with E-state index in [1.807, 2.05) is 24.3 Å². The van der Waals surface area contributed by atoms with Crippen LogP contribution in [0.1, 0.15) is 30.9 Å². The number of hydrazone groups is 1. The molecular formula is C29H26F5N7O2S. The number of ether oxygens (including phenoxy) is 1. The normalized spacial score (nSPS) is 15.9. The summed E-state index contributed by atoms with van der Waals surface area (Å²) in [6, 6.07) is 19.2. The Morgan fingerprint density at radius 2 is 1.73 bits per heavy atom. The maximum Gasteiger partial charge on any atom is 0.499 e. The van der Waals surface area contributed by atoms with E-state index < -0.39 is 18.0 Å². The van der Waals surface area contributed by atoms with Gasteiger partial charge in [0.25, 0.3) is 0 Å². The quantitative estimate of drug-likeness (QED) is 0.129. The van der Waals surface area contributed by atoms with Crippen LogP contribution in [0.4, 0.5) is 33.6 Å². The molecule has 0 radical (unpaired) electrons. The molecule has 1 aliphatic rings. The first-order chi connectivity index (χ1) is 20.8. The number of nitrogens with one attached hydrogen (secondary N) is 1. The van der Waals surface area contributed by atoms with Crippen LogP contribution in [0.3, 0.4) is 0 Å². The maximum atomic E-state index is 13.2. The summed E-state index contributed by atoms with van der Waals surface area (Å²) in [6.45, 7) is 4.16. The highest BCUT2D eigenvalue weighted by molar-refractivity contribution is 8.01. The second-order valence-corrected chi connectivity index (χ2v) is 11.0. The van der Waals surface area contributed by atoms with Crippen molar-refractivity contribution in [3.8, 4) is 22.8 Å². The number of amides is 1. The van der Waals surface area contributed by atoms with Crippen LogP contribution >= 0.6 is 11.8 Å². The molecule has 1 aliphatic heterocycles. The molecule has 0 spiro atoms. The Labute approximate surface area is 252 Å². The van der Waals surface area contributed by atoms with E-state index in [1.165, 1.54) is 28.6 Å². The van der Waals surface area contributed by atoms with E-state index in [0.29, 0.717) is 11.3 Å². The summed E-state index contributed by atoms with van der Waals surface area (Å²) in [4.78, 5) is 18.6. The Kier molecular flexibility index (Phi) is 8.50. The topological polar surface area (TPSA) is 111 Å². The number of carbonyl (C=O) groups excluding carboxylic acids is 1. The zero-order valence-corrected chi connectivity index (χ0v) is 24.1. The number of nitrogen functional groups attached to an aromatic ring is 1. The van der Waals surface area contributed by atoms with E-state index in [-0.39, 0.29) is 34.8 Å². The van der Waals surface area contributed by atoms with Gasteiger partial charge >= 0.3 is 12.3 Å². The Bertz CT molecular complexity index is 1660. The van der Waals surface area contributed by atoms with Gasteiger partial charge in [0.2, 0.25) is 11.9 Å². The minimum absolute atomic E-state index is 0.00126. The van der Waals surface area contributed by atoms with Gasteiger partial charge in [-0.1, -0.05) is 56.3 Å². The summed E-state index contributed by atoms with van der Waals surface area (Å²) in [6.07, 6.45) is -9.58. The van der Waals surface area contributed by atoms with E-state index in [0.717, 1.165) is 28.9 Å². The molecule has 9 nitrogen and oxygen atoms in total. The lowest BCUT2D eigenvalue weighted by Gasteiger charge is -2.26. The average molecular weight is 632 g/mol. The highest BCUT2D eigenvalue weighted by Crippen LogP contribution is 2.38. The van der Waals surface area contributed by atoms with Gasteiger partial charge in [-0.25, -0.2) is 0 Å². The zero-order chi connectivity index (χ0) is 31.6. The fourth-order valence-electron chi connectivity index (χ4n) is 4.37. The molecule has 0 aliphatic carbocycles. The smallest absolute Gasteiger partial charge is 0.426 e. The van der Waals surface area contributed by atoms with Crippen LogP contribution in [0, 0.1) is 0 Å². The minimum atomic E-state index is -5.86. The number of hydrogen-bond acceptors (Lipinski definition) is 8. The van der Waals surface area contributed by atoms with Crippen LogP contribution in [0.5, 0.6) is 5.75 Å². The number of thioether (sulfide) groups is 1. The van der Waals surface area contributed by atoms with Crippen molar-refractivity contribution in [2.45, 2.75) is 37.5 Å². The van der Waals surface area contributed by atoms with E-state index in [9.17, 15) is 26.7 Å². The van der Waals surface area contributed by atoms with Gasteiger partial charge in [0.15, 0.2) is 11.3 Å². The van der Waals surface area contributed by atoms with Gasteiger partial charge in [-0.05, 0) is 47.4 Å². The van der Waals surface area contributed by atoms with Gasteiger partial charge in [-0.3, -0.25) is 15.1 Å². The summed E-state index contributed by atoms with van der Waals surface area (Å²) in [5, 5.41) is 8.67. The Balaban J connectivity index is 1.25. The van der Waals surface area contributed by atoms with E-state index in [1.54, 1.807) is 35.4 Å². The summed E-state index contributed by atoms with van der Waals surface area (Å²) in [5.41, 5.74) is 12.2. The van der Waals surface area contributed by atoms with Crippen molar-refractivity contribution in [2.75, 3.05) is 16.4 Å². The highest BCUT2D eigenvalue weighted by Gasteiger charge is 2.61. The number of anilines is 2. The van der Waals surface area contributed by atoms with Gasteiger partial charge in [-0.15, -0.1) is 16.9 Å². The molecule has 1 saturated heterocycles. The Morgan fingerprint density at radius 1 is 1.05 bits per heavy atom. The third kappa shape index (κ3) is 6.46. The molecule has 5 rings (SSSR count). The largest absolute Gasteiger partial charge is 0.499 e. The average Bonchev–Trinajstić information content (AvgIpc) is 3.55. The number of alkyl halides is 5. The van der Waals surface area contributed by atoms with Crippen LogP contribution in [0.15, 0.2) is 77.9 Å². The lowest BCUT2D eigenvalue weighted by molar-refractivity contribution is -0.360. The lowest BCUT2D eigenvalue weighted by atomic mass is 10.0. The van der Waals surface area contributed by atoms with E-state index in [4.69, 9.17) is 5.73 Å². The van der Waals surface area contributed by atoms with Gasteiger partial charge in [0.1, 0.15) is 5.75 Å². The van der Waals surface area contributed by atoms with Crippen molar-refractivity contribution in [3.05, 3.63) is 83.9 Å². The molecule has 2 heterocycles. The Hall–Kier alpha value is -4.66.